The number of aromatic nitrogens is 2. The van der Waals surface area contributed by atoms with Gasteiger partial charge in [-0.3, -0.25) is 4.79 Å². The number of benzene rings is 1. The van der Waals surface area contributed by atoms with E-state index < -0.39 is 17.5 Å². The number of nitrogens with zero attached hydrogens (tertiary/aromatic N) is 1. The molecule has 1 aliphatic rings. The molecule has 1 amide bonds. The van der Waals surface area contributed by atoms with Gasteiger partial charge in [-0.15, -0.1) is 0 Å². The van der Waals surface area contributed by atoms with Gasteiger partial charge in [0.25, 0.3) is 0 Å². The number of hydrogen-bond acceptors (Lipinski definition) is 3. The summed E-state index contributed by atoms with van der Waals surface area (Å²) in [5.74, 6) is -1.48. The molecule has 1 aromatic heterocycles. The molecule has 0 bridgehead atoms. The maximum Gasteiger partial charge on any atom is 0.231 e. The summed E-state index contributed by atoms with van der Waals surface area (Å²) in [5, 5.41) is 2.95. The minimum atomic E-state index is -0.562. The van der Waals surface area contributed by atoms with E-state index in [1.165, 1.54) is 6.07 Å². The Bertz CT molecular complexity index is 830. The van der Waals surface area contributed by atoms with Gasteiger partial charge in [0, 0.05) is 24.8 Å². The lowest BCUT2D eigenvalue weighted by Gasteiger charge is -2.27. The summed E-state index contributed by atoms with van der Waals surface area (Å²) in [6, 6.07) is 2.34. The zero-order chi connectivity index (χ0) is 17.3. The van der Waals surface area contributed by atoms with Crippen molar-refractivity contribution >= 4 is 18.1 Å². The number of halogens is 2. The molecule has 1 unspecified atom stereocenters. The number of nitrogens with two attached hydrogens (primary N) is 1. The SMILES string of the molecule is NC(=O)CNCc1c[nH]c(=S)n1C1CCc2c(F)cc(F)cc2C1. The lowest BCUT2D eigenvalue weighted by Crippen LogP contribution is -2.29. The first-order chi connectivity index (χ1) is 11.5. The Morgan fingerprint density at radius 1 is 1.46 bits per heavy atom. The summed E-state index contributed by atoms with van der Waals surface area (Å²) >= 11 is 5.35. The highest BCUT2D eigenvalue weighted by molar-refractivity contribution is 7.71. The molecule has 0 spiro atoms. The fraction of sp³-hybridized carbons (Fsp3) is 0.375. The zero-order valence-electron chi connectivity index (χ0n) is 12.9. The fourth-order valence-electron chi connectivity index (χ4n) is 3.27. The van der Waals surface area contributed by atoms with Crippen LogP contribution in [0.4, 0.5) is 8.78 Å². The van der Waals surface area contributed by atoms with Crippen LogP contribution in [0.5, 0.6) is 0 Å². The van der Waals surface area contributed by atoms with Crippen LogP contribution in [0, 0.1) is 16.4 Å². The molecule has 2 aromatic rings. The van der Waals surface area contributed by atoms with Crippen molar-refractivity contribution in [3.8, 4) is 0 Å². The van der Waals surface area contributed by atoms with Crippen LogP contribution >= 0.6 is 12.2 Å². The number of amides is 1. The van der Waals surface area contributed by atoms with Gasteiger partial charge in [0.15, 0.2) is 4.77 Å². The van der Waals surface area contributed by atoms with Crippen LogP contribution in [0.1, 0.15) is 29.3 Å². The Kier molecular flexibility index (Phi) is 4.77. The number of carbonyl (C=O) groups is 1. The summed E-state index contributed by atoms with van der Waals surface area (Å²) in [5.41, 5.74) is 7.27. The number of H-pyrrole nitrogens is 1. The molecule has 1 atom stereocenters. The molecule has 1 aliphatic carbocycles. The predicted octanol–water partition coefficient (Wildman–Crippen LogP) is 2.13. The van der Waals surface area contributed by atoms with E-state index in [9.17, 15) is 13.6 Å². The monoisotopic (exact) mass is 352 g/mol. The van der Waals surface area contributed by atoms with Crippen molar-refractivity contribution in [2.45, 2.75) is 31.8 Å². The number of nitrogens with one attached hydrogen (secondary N) is 2. The molecule has 4 N–H and O–H groups in total. The first kappa shape index (κ1) is 16.8. The second-order valence-corrected chi connectivity index (χ2v) is 6.33. The number of carbonyl (C=O) groups excluding carboxylic acids is 1. The second-order valence-electron chi connectivity index (χ2n) is 5.95. The average molecular weight is 352 g/mol. The molecule has 0 aliphatic heterocycles. The Balaban J connectivity index is 1.84. The third kappa shape index (κ3) is 3.39. The summed E-state index contributed by atoms with van der Waals surface area (Å²) in [7, 11) is 0. The van der Waals surface area contributed by atoms with Crippen LogP contribution in [0.15, 0.2) is 18.3 Å². The maximum absolute atomic E-state index is 13.9. The van der Waals surface area contributed by atoms with E-state index in [2.05, 4.69) is 10.3 Å². The number of fused-ring (bicyclic) bond motifs is 1. The average Bonchev–Trinajstić information content (AvgIpc) is 2.87. The molecule has 8 heteroatoms. The Labute approximate surface area is 142 Å². The van der Waals surface area contributed by atoms with Crippen LogP contribution in [0.25, 0.3) is 0 Å². The van der Waals surface area contributed by atoms with Crippen molar-refractivity contribution in [1.82, 2.24) is 14.9 Å². The van der Waals surface area contributed by atoms with Crippen molar-refractivity contribution in [3.63, 3.8) is 0 Å². The number of imidazole rings is 1. The van der Waals surface area contributed by atoms with E-state index in [0.717, 1.165) is 11.8 Å². The summed E-state index contributed by atoms with van der Waals surface area (Å²) < 4.78 is 29.9. The molecule has 0 saturated carbocycles. The third-order valence-corrected chi connectivity index (χ3v) is 4.61. The Morgan fingerprint density at radius 3 is 3.00 bits per heavy atom. The minimum Gasteiger partial charge on any atom is -0.369 e. The van der Waals surface area contributed by atoms with Gasteiger partial charge >= 0.3 is 0 Å². The van der Waals surface area contributed by atoms with Crippen LogP contribution in [-0.2, 0) is 24.2 Å². The third-order valence-electron chi connectivity index (χ3n) is 4.30. The highest BCUT2D eigenvalue weighted by atomic mass is 32.1. The number of rotatable bonds is 5. The van der Waals surface area contributed by atoms with E-state index in [4.69, 9.17) is 18.0 Å². The van der Waals surface area contributed by atoms with Crippen molar-refractivity contribution in [2.75, 3.05) is 6.54 Å². The first-order valence-electron chi connectivity index (χ1n) is 7.70. The highest BCUT2D eigenvalue weighted by Gasteiger charge is 2.25. The number of aromatic amines is 1. The number of hydrogen-bond donors (Lipinski definition) is 3. The van der Waals surface area contributed by atoms with E-state index in [1.807, 2.05) is 4.57 Å². The van der Waals surface area contributed by atoms with Gasteiger partial charge in [0.2, 0.25) is 5.91 Å². The smallest absolute Gasteiger partial charge is 0.231 e. The van der Waals surface area contributed by atoms with E-state index in [0.29, 0.717) is 41.7 Å². The molecule has 0 fully saturated rings. The highest BCUT2D eigenvalue weighted by Crippen LogP contribution is 2.32. The standard InChI is InChI=1S/C16H18F2N4OS/c17-10-3-9-4-11(1-2-13(9)14(18)5-10)22-12(7-21-16(22)24)6-20-8-15(19)23/h3,5,7,11,20H,1-2,4,6,8H2,(H2,19,23)(H,21,24). The van der Waals surface area contributed by atoms with Gasteiger partial charge < -0.3 is 20.6 Å². The van der Waals surface area contributed by atoms with Gasteiger partial charge in [0.1, 0.15) is 11.6 Å². The Hall–Kier alpha value is -2.06. The summed E-state index contributed by atoms with van der Waals surface area (Å²) in [6.45, 7) is 0.499. The molecule has 128 valence electrons. The maximum atomic E-state index is 13.9. The number of primary amides is 1. The van der Waals surface area contributed by atoms with E-state index >= 15 is 0 Å². The normalized spacial score (nSPS) is 16.8. The van der Waals surface area contributed by atoms with Gasteiger partial charge in [0.05, 0.1) is 12.2 Å². The molecular weight excluding hydrogens is 334 g/mol. The molecule has 0 saturated heterocycles. The predicted molar refractivity (Wildman–Crippen MR) is 87.9 cm³/mol. The topological polar surface area (TPSA) is 75.8 Å². The molecule has 5 nitrogen and oxygen atoms in total. The molecule has 3 rings (SSSR count). The largest absolute Gasteiger partial charge is 0.369 e. The van der Waals surface area contributed by atoms with Gasteiger partial charge in [-0.25, -0.2) is 8.78 Å². The van der Waals surface area contributed by atoms with Gasteiger partial charge in [-0.05, 0) is 48.7 Å². The van der Waals surface area contributed by atoms with Crippen molar-refractivity contribution in [1.29, 1.82) is 0 Å². The Morgan fingerprint density at radius 2 is 2.25 bits per heavy atom. The van der Waals surface area contributed by atoms with E-state index in [1.54, 1.807) is 6.20 Å². The van der Waals surface area contributed by atoms with Gasteiger partial charge in [-0.1, -0.05) is 0 Å². The molecule has 1 aromatic carbocycles. The van der Waals surface area contributed by atoms with Gasteiger partial charge in [-0.2, -0.15) is 0 Å². The van der Waals surface area contributed by atoms with Crippen molar-refractivity contribution in [3.05, 3.63) is 51.6 Å². The van der Waals surface area contributed by atoms with Crippen LogP contribution < -0.4 is 11.1 Å². The van der Waals surface area contributed by atoms with Crippen LogP contribution in [-0.4, -0.2) is 22.0 Å². The first-order valence-corrected chi connectivity index (χ1v) is 8.11. The molecule has 0 radical (unpaired) electrons. The molecule has 24 heavy (non-hydrogen) atoms. The van der Waals surface area contributed by atoms with E-state index in [-0.39, 0.29) is 12.6 Å². The quantitative estimate of drug-likeness (QED) is 0.722. The second kappa shape index (κ2) is 6.82. The molecule has 1 heterocycles. The fourth-order valence-corrected chi connectivity index (χ4v) is 3.60. The molecular formula is C16H18F2N4OS. The van der Waals surface area contributed by atoms with Crippen molar-refractivity contribution < 1.29 is 13.6 Å². The van der Waals surface area contributed by atoms with Crippen molar-refractivity contribution in [2.24, 2.45) is 5.73 Å². The van der Waals surface area contributed by atoms with Crippen LogP contribution in [0.3, 0.4) is 0 Å². The lowest BCUT2D eigenvalue weighted by molar-refractivity contribution is -0.117. The summed E-state index contributed by atoms with van der Waals surface area (Å²) in [6.07, 6.45) is 3.54. The summed E-state index contributed by atoms with van der Waals surface area (Å²) in [4.78, 5) is 13.8. The van der Waals surface area contributed by atoms with Crippen LogP contribution in [0.2, 0.25) is 0 Å². The lowest BCUT2D eigenvalue weighted by atomic mass is 9.87. The zero-order valence-corrected chi connectivity index (χ0v) is 13.8. The minimum absolute atomic E-state index is 0.0165.